The van der Waals surface area contributed by atoms with Crippen LogP contribution < -0.4 is 0 Å². The molecule has 6 heteroatoms. The molecule has 0 aromatic rings. The van der Waals surface area contributed by atoms with Crippen LogP contribution in [-0.4, -0.2) is 68.9 Å². The fourth-order valence-corrected chi connectivity index (χ4v) is 2.99. The molecule has 1 fully saturated rings. The van der Waals surface area contributed by atoms with Gasteiger partial charge >= 0.3 is 0 Å². The molecule has 0 N–H and O–H groups in total. The predicted molar refractivity (Wildman–Crippen MR) is 72.2 cm³/mol. The normalized spacial score (nSPS) is 18.8. The summed E-state index contributed by atoms with van der Waals surface area (Å²) in [4.78, 5) is 15.4. The number of carbonyl (C=O) groups excluding carboxylic acids is 1. The maximum absolute atomic E-state index is 11.3. The Labute approximate surface area is 110 Å². The van der Waals surface area contributed by atoms with E-state index in [1.807, 2.05) is 11.9 Å². The Morgan fingerprint density at radius 3 is 2.33 bits per heavy atom. The summed E-state index contributed by atoms with van der Waals surface area (Å²) in [6, 6.07) is 0.341. The molecule has 0 aliphatic carbocycles. The topological polar surface area (TPSA) is 57.7 Å². The summed E-state index contributed by atoms with van der Waals surface area (Å²) in [7, 11) is -0.986. The number of nitrogens with zero attached hydrogens (tertiary/aromatic N) is 2. The zero-order valence-electron chi connectivity index (χ0n) is 11.6. The molecule has 0 aromatic carbocycles. The van der Waals surface area contributed by atoms with E-state index in [4.69, 9.17) is 0 Å². The Morgan fingerprint density at radius 2 is 1.89 bits per heavy atom. The first-order valence-electron chi connectivity index (χ1n) is 6.43. The monoisotopic (exact) mass is 276 g/mol. The summed E-state index contributed by atoms with van der Waals surface area (Å²) in [5.74, 6) is 0.380. The highest BCUT2D eigenvalue weighted by Crippen LogP contribution is 2.15. The molecule has 0 aromatic heterocycles. The fourth-order valence-electron chi connectivity index (χ4n) is 2.34. The van der Waals surface area contributed by atoms with E-state index in [0.29, 0.717) is 12.5 Å². The van der Waals surface area contributed by atoms with Crippen LogP contribution in [-0.2, 0) is 14.6 Å². The Morgan fingerprint density at radius 1 is 1.33 bits per heavy atom. The maximum atomic E-state index is 11.3. The van der Waals surface area contributed by atoms with Crippen molar-refractivity contribution in [1.82, 2.24) is 9.80 Å². The van der Waals surface area contributed by atoms with Crippen molar-refractivity contribution < 1.29 is 13.2 Å². The van der Waals surface area contributed by atoms with Gasteiger partial charge in [-0.05, 0) is 25.8 Å². The van der Waals surface area contributed by atoms with Crippen molar-refractivity contribution in [3.8, 4) is 0 Å². The third-order valence-electron chi connectivity index (χ3n) is 3.59. The lowest BCUT2D eigenvalue weighted by atomic mass is 10.0. The third kappa shape index (κ3) is 5.35. The summed E-state index contributed by atoms with van der Waals surface area (Å²) < 4.78 is 22.1. The van der Waals surface area contributed by atoms with Crippen molar-refractivity contribution in [3.05, 3.63) is 0 Å². The molecule has 0 bridgehead atoms. The second-order valence-electron chi connectivity index (χ2n) is 5.19. The van der Waals surface area contributed by atoms with Crippen LogP contribution in [0.15, 0.2) is 0 Å². The smallest absolute Gasteiger partial charge is 0.219 e. The highest BCUT2D eigenvalue weighted by molar-refractivity contribution is 7.90. The molecule has 106 valence electrons. The number of sulfone groups is 1. The first kappa shape index (κ1) is 15.4. The number of hydrogen-bond donors (Lipinski definition) is 0. The molecule has 0 radical (unpaired) electrons. The van der Waals surface area contributed by atoms with E-state index in [9.17, 15) is 13.2 Å². The van der Waals surface area contributed by atoms with Gasteiger partial charge in [0.05, 0.1) is 5.75 Å². The van der Waals surface area contributed by atoms with Crippen molar-refractivity contribution in [2.75, 3.05) is 38.7 Å². The number of likely N-dealkylation sites (tertiary alicyclic amines) is 1. The number of carbonyl (C=O) groups is 1. The van der Waals surface area contributed by atoms with Crippen molar-refractivity contribution in [3.63, 3.8) is 0 Å². The van der Waals surface area contributed by atoms with Crippen molar-refractivity contribution in [2.24, 2.45) is 0 Å². The van der Waals surface area contributed by atoms with Gasteiger partial charge in [-0.15, -0.1) is 0 Å². The van der Waals surface area contributed by atoms with E-state index in [1.165, 1.54) is 6.26 Å². The highest BCUT2D eigenvalue weighted by atomic mass is 32.2. The molecule has 18 heavy (non-hydrogen) atoms. The molecule has 1 saturated heterocycles. The number of hydrogen-bond acceptors (Lipinski definition) is 4. The van der Waals surface area contributed by atoms with Crippen LogP contribution in [0.25, 0.3) is 0 Å². The van der Waals surface area contributed by atoms with Crippen molar-refractivity contribution in [1.29, 1.82) is 0 Å². The lowest BCUT2D eigenvalue weighted by molar-refractivity contribution is -0.130. The van der Waals surface area contributed by atoms with Gasteiger partial charge < -0.3 is 9.80 Å². The highest BCUT2D eigenvalue weighted by Gasteiger charge is 2.23. The third-order valence-corrected chi connectivity index (χ3v) is 4.62. The van der Waals surface area contributed by atoms with Crippen molar-refractivity contribution >= 4 is 15.7 Å². The van der Waals surface area contributed by atoms with Crippen LogP contribution in [0.3, 0.4) is 0 Å². The zero-order chi connectivity index (χ0) is 13.8. The molecule has 0 atom stereocenters. The van der Waals surface area contributed by atoms with Crippen molar-refractivity contribution in [2.45, 2.75) is 32.2 Å². The number of amides is 1. The van der Waals surface area contributed by atoms with E-state index in [0.717, 1.165) is 32.5 Å². The fraction of sp³-hybridized carbons (Fsp3) is 0.917. The van der Waals surface area contributed by atoms with Gasteiger partial charge in [0.2, 0.25) is 5.91 Å². The van der Waals surface area contributed by atoms with Gasteiger partial charge in [-0.2, -0.15) is 0 Å². The Hall–Kier alpha value is -0.620. The van der Waals surface area contributed by atoms with E-state index in [2.05, 4.69) is 4.90 Å². The average molecular weight is 276 g/mol. The van der Waals surface area contributed by atoms with Gasteiger partial charge in [0.25, 0.3) is 0 Å². The second kappa shape index (κ2) is 6.52. The van der Waals surface area contributed by atoms with E-state index in [1.54, 1.807) is 6.92 Å². The van der Waals surface area contributed by atoms with Crippen LogP contribution in [0.5, 0.6) is 0 Å². The van der Waals surface area contributed by atoms with Gasteiger partial charge in [-0.3, -0.25) is 4.79 Å². The first-order chi connectivity index (χ1) is 8.29. The minimum absolute atomic E-state index is 0.116. The number of rotatable bonds is 5. The molecule has 1 aliphatic heterocycles. The molecule has 0 saturated carbocycles. The summed E-state index contributed by atoms with van der Waals surface area (Å²) in [6.07, 6.45) is 3.94. The van der Waals surface area contributed by atoms with Gasteiger partial charge in [-0.25, -0.2) is 8.42 Å². The largest absolute Gasteiger partial charge is 0.343 e. The first-order valence-corrected chi connectivity index (χ1v) is 8.49. The van der Waals surface area contributed by atoms with Crippen LogP contribution in [0.2, 0.25) is 0 Å². The van der Waals surface area contributed by atoms with E-state index < -0.39 is 9.84 Å². The minimum atomic E-state index is -2.84. The Balaban J connectivity index is 2.25. The molecule has 0 spiro atoms. The van der Waals surface area contributed by atoms with Crippen LogP contribution >= 0.6 is 0 Å². The molecular formula is C12H24N2O3S. The lowest BCUT2D eigenvalue weighted by Crippen LogP contribution is -2.45. The van der Waals surface area contributed by atoms with Crippen LogP contribution in [0.1, 0.15) is 26.2 Å². The molecule has 1 heterocycles. The van der Waals surface area contributed by atoms with Crippen LogP contribution in [0, 0.1) is 0 Å². The SMILES string of the molecule is CC(=O)N(C)C1CCN(CCCS(C)(=O)=O)CC1. The van der Waals surface area contributed by atoms with Gasteiger partial charge in [0, 0.05) is 39.4 Å². The maximum Gasteiger partial charge on any atom is 0.219 e. The Kier molecular flexibility index (Phi) is 5.59. The summed E-state index contributed by atoms with van der Waals surface area (Å²) in [5.41, 5.74) is 0. The molecule has 1 aliphatic rings. The lowest BCUT2D eigenvalue weighted by Gasteiger charge is -2.36. The number of piperidine rings is 1. The average Bonchev–Trinajstić information content (AvgIpc) is 2.27. The molecule has 1 amide bonds. The van der Waals surface area contributed by atoms with E-state index >= 15 is 0 Å². The minimum Gasteiger partial charge on any atom is -0.343 e. The molecule has 0 unspecified atom stereocenters. The molecular weight excluding hydrogens is 252 g/mol. The van der Waals surface area contributed by atoms with Gasteiger partial charge in [0.1, 0.15) is 9.84 Å². The van der Waals surface area contributed by atoms with Crippen LogP contribution in [0.4, 0.5) is 0 Å². The van der Waals surface area contributed by atoms with Gasteiger partial charge in [-0.1, -0.05) is 0 Å². The predicted octanol–water partition coefficient (Wildman–Crippen LogP) is 0.364. The summed E-state index contributed by atoms with van der Waals surface area (Å²) >= 11 is 0. The molecule has 1 rings (SSSR count). The quantitative estimate of drug-likeness (QED) is 0.728. The standard InChI is InChI=1S/C12H24N2O3S/c1-11(15)13(2)12-5-8-14(9-6-12)7-4-10-18(3,16)17/h12H,4-10H2,1-3H3. The van der Waals surface area contributed by atoms with E-state index in [-0.39, 0.29) is 11.7 Å². The summed E-state index contributed by atoms with van der Waals surface area (Å²) in [6.45, 7) is 4.33. The van der Waals surface area contributed by atoms with Gasteiger partial charge in [0.15, 0.2) is 0 Å². The second-order valence-corrected chi connectivity index (χ2v) is 7.45. The molecule has 5 nitrogen and oxygen atoms in total. The summed E-state index contributed by atoms with van der Waals surface area (Å²) in [5, 5.41) is 0. The zero-order valence-corrected chi connectivity index (χ0v) is 12.4. The Bertz CT molecular complexity index is 373.